The molecule has 0 aliphatic carbocycles. The van der Waals surface area contributed by atoms with Gasteiger partial charge in [-0.3, -0.25) is 0 Å². The minimum absolute atomic E-state index is 1.11. The molecule has 0 saturated carbocycles. The maximum atomic E-state index is 8.63. The molecule has 0 radical (unpaired) electrons. The van der Waals surface area contributed by atoms with E-state index in [1.807, 2.05) is 0 Å². The van der Waals surface area contributed by atoms with Gasteiger partial charge in [-0.15, -0.1) is 0 Å². The van der Waals surface area contributed by atoms with E-state index < -0.39 is 16.7 Å². The van der Waals surface area contributed by atoms with E-state index in [0.29, 0.717) is 0 Å². The van der Waals surface area contributed by atoms with Crippen LogP contribution in [0.25, 0.3) is 0 Å². The van der Waals surface area contributed by atoms with Gasteiger partial charge in [-0.05, 0) is 25.7 Å². The summed E-state index contributed by atoms with van der Waals surface area (Å²) in [5.74, 6) is 0. The Labute approximate surface area is 307 Å². The van der Waals surface area contributed by atoms with Crippen LogP contribution in [-0.4, -0.2) is 50.2 Å². The molecule has 2 rings (SSSR count). The van der Waals surface area contributed by atoms with Crippen molar-refractivity contribution in [1.82, 2.24) is 0 Å². The van der Waals surface area contributed by atoms with Crippen LogP contribution in [0.15, 0.2) is 60.7 Å². The zero-order valence-corrected chi connectivity index (χ0v) is 34.7. The molecule has 0 atom stereocenters. The number of hydrogen-bond donors (Lipinski definition) is 0. The van der Waals surface area contributed by atoms with Crippen molar-refractivity contribution in [2.75, 3.05) is 41.3 Å². The SMILES string of the molecule is CCCCCCCCCCCC[N+](C)(C)Cc1ccccc1.CCCCCCCCCCCC[N+](C)(C)Cc1ccccc1.[O]=[Mo](=[O])([O-])[O-]. The van der Waals surface area contributed by atoms with Crippen LogP contribution in [0, 0.1) is 0 Å². The summed E-state index contributed by atoms with van der Waals surface area (Å²) in [5, 5.41) is 0. The van der Waals surface area contributed by atoms with Gasteiger partial charge in [0.25, 0.3) is 0 Å². The normalized spacial score (nSPS) is 11.8. The Morgan fingerprint density at radius 3 is 0.898 bits per heavy atom. The van der Waals surface area contributed by atoms with E-state index >= 15 is 0 Å². The van der Waals surface area contributed by atoms with Gasteiger partial charge in [-0.25, -0.2) is 0 Å². The molecule has 2 aromatic rings. The first-order chi connectivity index (χ1) is 23.3. The van der Waals surface area contributed by atoms with Crippen LogP contribution in [0.2, 0.25) is 0 Å². The van der Waals surface area contributed by atoms with Crippen molar-refractivity contribution in [3.8, 4) is 0 Å². The Morgan fingerprint density at radius 1 is 0.429 bits per heavy atom. The Bertz CT molecular complexity index is 1010. The predicted octanol–water partition coefficient (Wildman–Crippen LogP) is 9.75. The molecular weight excluding hydrogens is 692 g/mol. The van der Waals surface area contributed by atoms with Crippen LogP contribution in [0.1, 0.15) is 153 Å². The van der Waals surface area contributed by atoms with Gasteiger partial charge in [0.1, 0.15) is 13.1 Å². The van der Waals surface area contributed by atoms with E-state index in [0.717, 1.165) is 22.1 Å². The fourth-order valence-electron chi connectivity index (χ4n) is 6.37. The van der Waals surface area contributed by atoms with Crippen molar-refractivity contribution in [1.29, 1.82) is 0 Å². The van der Waals surface area contributed by atoms with Crippen molar-refractivity contribution in [2.45, 2.75) is 155 Å². The Morgan fingerprint density at radius 2 is 0.653 bits per heavy atom. The molecule has 0 aliphatic heterocycles. The summed E-state index contributed by atoms with van der Waals surface area (Å²) in [6, 6.07) is 21.8. The third-order valence-electron chi connectivity index (χ3n) is 9.14. The Balaban J connectivity index is 0.000000826. The summed E-state index contributed by atoms with van der Waals surface area (Å²) in [5.41, 5.74) is 2.92. The van der Waals surface area contributed by atoms with E-state index in [-0.39, 0.29) is 0 Å². The third-order valence-corrected chi connectivity index (χ3v) is 9.14. The average molecular weight is 769 g/mol. The van der Waals surface area contributed by atoms with Gasteiger partial charge in [0.2, 0.25) is 0 Å². The fraction of sp³-hybridized carbons (Fsp3) is 0.714. The summed E-state index contributed by atoms with van der Waals surface area (Å²) in [6.07, 6.45) is 28.5. The Kier molecular flexibility index (Phi) is 29.3. The summed E-state index contributed by atoms with van der Waals surface area (Å²) in [7, 11) is 9.45. The minimum atomic E-state index is -6.02. The zero-order valence-electron chi connectivity index (χ0n) is 32.7. The van der Waals surface area contributed by atoms with E-state index in [9.17, 15) is 0 Å². The van der Waals surface area contributed by atoms with Gasteiger partial charge in [0.05, 0.1) is 41.3 Å². The number of benzene rings is 2. The van der Waals surface area contributed by atoms with E-state index in [1.165, 1.54) is 153 Å². The van der Waals surface area contributed by atoms with Crippen LogP contribution in [0.5, 0.6) is 0 Å². The number of hydrogen-bond acceptors (Lipinski definition) is 4. The summed E-state index contributed by atoms with van der Waals surface area (Å²) >= 11 is -6.02. The molecule has 284 valence electrons. The molecule has 0 N–H and O–H groups in total. The quantitative estimate of drug-likeness (QED) is 0.0543. The second-order valence-electron chi connectivity index (χ2n) is 15.4. The van der Waals surface area contributed by atoms with Gasteiger partial charge < -0.3 is 8.97 Å². The molecule has 0 fully saturated rings. The van der Waals surface area contributed by atoms with Crippen LogP contribution >= 0.6 is 0 Å². The summed E-state index contributed by atoms with van der Waals surface area (Å²) in [6.45, 7) is 9.48. The first kappa shape index (κ1) is 47.6. The van der Waals surface area contributed by atoms with Crippen LogP contribution in [-0.2, 0) is 36.6 Å². The van der Waals surface area contributed by atoms with E-state index in [1.54, 1.807) is 0 Å². The number of unbranched alkanes of at least 4 members (excludes halogenated alkanes) is 18. The first-order valence-corrected chi connectivity index (χ1v) is 22.9. The number of rotatable bonds is 26. The number of nitrogens with zero attached hydrogens (tertiary/aromatic N) is 2. The topological polar surface area (TPSA) is 80.3 Å². The second-order valence-corrected chi connectivity index (χ2v) is 17.4. The molecule has 0 aromatic heterocycles. The van der Waals surface area contributed by atoms with Crippen LogP contribution < -0.4 is 7.52 Å². The molecule has 0 saturated heterocycles. The van der Waals surface area contributed by atoms with Crippen molar-refractivity contribution in [2.24, 2.45) is 0 Å². The molecule has 0 aliphatic rings. The van der Waals surface area contributed by atoms with Crippen molar-refractivity contribution < 1.29 is 40.0 Å². The molecule has 2 aromatic carbocycles. The van der Waals surface area contributed by atoms with Crippen molar-refractivity contribution >= 4 is 0 Å². The number of quaternary nitrogens is 2. The maximum absolute atomic E-state index is 8.63. The van der Waals surface area contributed by atoms with Gasteiger partial charge in [-0.2, -0.15) is 0 Å². The first-order valence-electron chi connectivity index (χ1n) is 19.7. The second kappa shape index (κ2) is 30.2. The molecule has 7 heteroatoms. The standard InChI is InChI=1S/2C21H38N.Mo.4O/c2*1-4-5-6-7-8-9-10-11-12-16-19-22(2,3)20-21-17-14-13-15-18-21;;;;;/h2*13-15,17-18H,4-12,16,19-20H2,1-3H3;;;;;/q2*+1;;;;2*-1. The molecule has 49 heavy (non-hydrogen) atoms. The fourth-order valence-corrected chi connectivity index (χ4v) is 6.37. The van der Waals surface area contributed by atoms with Crippen molar-refractivity contribution in [3.05, 3.63) is 71.8 Å². The van der Waals surface area contributed by atoms with Gasteiger partial charge in [0.15, 0.2) is 0 Å². The van der Waals surface area contributed by atoms with Crippen LogP contribution in [0.3, 0.4) is 0 Å². The van der Waals surface area contributed by atoms with Gasteiger partial charge >= 0.3 is 31.1 Å². The van der Waals surface area contributed by atoms with Crippen molar-refractivity contribution in [3.63, 3.8) is 0 Å². The zero-order chi connectivity index (χ0) is 36.7. The molecule has 0 bridgehead atoms. The van der Waals surface area contributed by atoms with E-state index in [2.05, 4.69) is 103 Å². The summed E-state index contributed by atoms with van der Waals surface area (Å²) in [4.78, 5) is 0. The molecule has 0 unspecified atom stereocenters. The van der Waals surface area contributed by atoms with E-state index in [4.69, 9.17) is 14.3 Å². The molecule has 6 nitrogen and oxygen atoms in total. The molecule has 0 heterocycles. The van der Waals surface area contributed by atoms with Gasteiger partial charge in [0, 0.05) is 11.1 Å². The molecule has 0 spiro atoms. The monoisotopic (exact) mass is 770 g/mol. The average Bonchev–Trinajstić information content (AvgIpc) is 3.03. The molecular formula is C42H76MoN2O4. The predicted molar refractivity (Wildman–Crippen MR) is 199 cm³/mol. The molecule has 0 amide bonds. The third kappa shape index (κ3) is 36.2. The Hall–Kier alpha value is -1.43. The van der Waals surface area contributed by atoms with Crippen LogP contribution in [0.4, 0.5) is 0 Å². The summed E-state index contributed by atoms with van der Waals surface area (Å²) < 4.78 is 36.7. The van der Waals surface area contributed by atoms with Gasteiger partial charge in [-0.1, -0.05) is 177 Å².